The number of hydrogen-bond donors (Lipinski definition) is 2. The summed E-state index contributed by atoms with van der Waals surface area (Å²) in [6.45, 7) is 2.00. The molecule has 4 nitrogen and oxygen atoms in total. The van der Waals surface area contributed by atoms with Crippen LogP contribution in [0, 0.1) is 0 Å². The molecule has 1 amide bonds. The average Bonchev–Trinajstić information content (AvgIpc) is 2.77. The second kappa shape index (κ2) is 6.05. The maximum atomic E-state index is 12.0. The summed E-state index contributed by atoms with van der Waals surface area (Å²) in [5.41, 5.74) is 6.09. The van der Waals surface area contributed by atoms with Gasteiger partial charge in [-0.15, -0.1) is 0 Å². The zero-order valence-electron chi connectivity index (χ0n) is 10.9. The van der Waals surface area contributed by atoms with Crippen molar-refractivity contribution in [2.45, 2.75) is 57.5 Å². The van der Waals surface area contributed by atoms with Gasteiger partial charge in [-0.1, -0.05) is 26.2 Å². The van der Waals surface area contributed by atoms with E-state index in [1.54, 1.807) is 6.07 Å². The number of furan rings is 1. The molecule has 1 fully saturated rings. The maximum Gasteiger partial charge on any atom is 0.287 e. The van der Waals surface area contributed by atoms with Crippen molar-refractivity contribution in [1.82, 2.24) is 5.32 Å². The first-order valence-corrected chi connectivity index (χ1v) is 6.86. The summed E-state index contributed by atoms with van der Waals surface area (Å²) >= 11 is 0. The van der Waals surface area contributed by atoms with E-state index < -0.39 is 0 Å². The van der Waals surface area contributed by atoms with Crippen molar-refractivity contribution in [2.75, 3.05) is 0 Å². The molecule has 100 valence electrons. The van der Waals surface area contributed by atoms with Crippen molar-refractivity contribution < 1.29 is 9.21 Å². The molecule has 1 heterocycles. The van der Waals surface area contributed by atoms with Gasteiger partial charge >= 0.3 is 0 Å². The minimum Gasteiger partial charge on any atom is -0.456 e. The molecule has 3 N–H and O–H groups in total. The van der Waals surface area contributed by atoms with E-state index in [9.17, 15) is 4.79 Å². The van der Waals surface area contributed by atoms with Crippen LogP contribution in [-0.4, -0.2) is 18.0 Å². The molecule has 18 heavy (non-hydrogen) atoms. The van der Waals surface area contributed by atoms with Crippen LogP contribution in [0.4, 0.5) is 0 Å². The topological polar surface area (TPSA) is 68.3 Å². The first-order chi connectivity index (χ1) is 8.70. The summed E-state index contributed by atoms with van der Waals surface area (Å²) in [6.07, 6.45) is 6.26. The standard InChI is InChI=1S/C14H22N2O2/c1-2-10-8-9-13(18-10)14(17)16-12-7-5-3-4-6-11(12)15/h8-9,11-12H,2-7,15H2,1H3,(H,16,17). The van der Waals surface area contributed by atoms with Crippen molar-refractivity contribution in [3.05, 3.63) is 23.7 Å². The lowest BCUT2D eigenvalue weighted by molar-refractivity contribution is 0.0899. The zero-order valence-corrected chi connectivity index (χ0v) is 10.9. The fraction of sp³-hybridized carbons (Fsp3) is 0.643. The molecule has 2 rings (SSSR count). The monoisotopic (exact) mass is 250 g/mol. The fourth-order valence-corrected chi connectivity index (χ4v) is 2.45. The number of carbonyl (C=O) groups excluding carboxylic acids is 1. The Hall–Kier alpha value is -1.29. The van der Waals surface area contributed by atoms with E-state index in [1.165, 1.54) is 6.42 Å². The highest BCUT2D eigenvalue weighted by Gasteiger charge is 2.23. The number of carbonyl (C=O) groups is 1. The third kappa shape index (κ3) is 3.13. The summed E-state index contributed by atoms with van der Waals surface area (Å²) in [5, 5.41) is 3.00. The number of aryl methyl sites for hydroxylation is 1. The van der Waals surface area contributed by atoms with Crippen LogP contribution < -0.4 is 11.1 Å². The number of rotatable bonds is 3. The molecule has 1 aliphatic carbocycles. The third-order valence-corrected chi connectivity index (χ3v) is 3.62. The van der Waals surface area contributed by atoms with Crippen LogP contribution in [0.15, 0.2) is 16.5 Å². The molecule has 1 aliphatic rings. The highest BCUT2D eigenvalue weighted by molar-refractivity contribution is 5.91. The van der Waals surface area contributed by atoms with Crippen LogP contribution in [0.25, 0.3) is 0 Å². The largest absolute Gasteiger partial charge is 0.456 e. The number of nitrogens with one attached hydrogen (secondary N) is 1. The summed E-state index contributed by atoms with van der Waals surface area (Å²) in [5.74, 6) is 1.09. The molecular formula is C14H22N2O2. The van der Waals surface area contributed by atoms with Crippen molar-refractivity contribution in [3.8, 4) is 0 Å². The van der Waals surface area contributed by atoms with E-state index >= 15 is 0 Å². The van der Waals surface area contributed by atoms with Gasteiger partial charge in [0.15, 0.2) is 5.76 Å². The van der Waals surface area contributed by atoms with Crippen LogP contribution in [-0.2, 0) is 6.42 Å². The zero-order chi connectivity index (χ0) is 13.0. The third-order valence-electron chi connectivity index (χ3n) is 3.62. The lowest BCUT2D eigenvalue weighted by Crippen LogP contribution is -2.46. The normalized spacial score (nSPS) is 24.6. The first kappa shape index (κ1) is 13.1. The van der Waals surface area contributed by atoms with E-state index in [1.807, 2.05) is 13.0 Å². The minimum absolute atomic E-state index is 0.0667. The smallest absolute Gasteiger partial charge is 0.287 e. The molecule has 0 aromatic carbocycles. The quantitative estimate of drug-likeness (QED) is 0.808. The lowest BCUT2D eigenvalue weighted by Gasteiger charge is -2.22. The number of nitrogens with two attached hydrogens (primary N) is 1. The SMILES string of the molecule is CCc1ccc(C(=O)NC2CCCCCC2N)o1. The Morgan fingerprint density at radius 1 is 1.39 bits per heavy atom. The molecule has 0 saturated heterocycles. The molecule has 2 atom stereocenters. The molecule has 1 aromatic heterocycles. The lowest BCUT2D eigenvalue weighted by atomic mass is 10.0. The second-order valence-corrected chi connectivity index (χ2v) is 5.00. The molecule has 0 bridgehead atoms. The Bertz CT molecular complexity index is 400. The molecule has 2 unspecified atom stereocenters. The Morgan fingerprint density at radius 2 is 2.17 bits per heavy atom. The van der Waals surface area contributed by atoms with E-state index in [2.05, 4.69) is 5.32 Å². The first-order valence-electron chi connectivity index (χ1n) is 6.86. The van der Waals surface area contributed by atoms with Crippen LogP contribution in [0.5, 0.6) is 0 Å². The number of amides is 1. The van der Waals surface area contributed by atoms with E-state index in [0.29, 0.717) is 5.76 Å². The predicted octanol–water partition coefficient (Wildman–Crippen LogP) is 2.23. The average molecular weight is 250 g/mol. The summed E-state index contributed by atoms with van der Waals surface area (Å²) in [4.78, 5) is 12.0. The summed E-state index contributed by atoms with van der Waals surface area (Å²) in [6, 6.07) is 3.73. The molecular weight excluding hydrogens is 228 g/mol. The Morgan fingerprint density at radius 3 is 2.89 bits per heavy atom. The predicted molar refractivity (Wildman–Crippen MR) is 70.4 cm³/mol. The summed E-state index contributed by atoms with van der Waals surface area (Å²) < 4.78 is 5.45. The van der Waals surface area contributed by atoms with Gasteiger partial charge in [-0.05, 0) is 25.0 Å². The van der Waals surface area contributed by atoms with Crippen molar-refractivity contribution in [2.24, 2.45) is 5.73 Å². The molecule has 4 heteroatoms. The van der Waals surface area contributed by atoms with Gasteiger partial charge in [-0.2, -0.15) is 0 Å². The fourth-order valence-electron chi connectivity index (χ4n) is 2.45. The molecule has 1 saturated carbocycles. The van der Waals surface area contributed by atoms with Crippen LogP contribution in [0.2, 0.25) is 0 Å². The van der Waals surface area contributed by atoms with Crippen LogP contribution in [0.3, 0.4) is 0 Å². The van der Waals surface area contributed by atoms with Crippen molar-refractivity contribution in [3.63, 3.8) is 0 Å². The molecule has 0 radical (unpaired) electrons. The highest BCUT2D eigenvalue weighted by atomic mass is 16.3. The highest BCUT2D eigenvalue weighted by Crippen LogP contribution is 2.17. The minimum atomic E-state index is -0.142. The van der Waals surface area contributed by atoms with Gasteiger partial charge in [-0.3, -0.25) is 4.79 Å². The van der Waals surface area contributed by atoms with Gasteiger partial charge < -0.3 is 15.5 Å². The Kier molecular flexibility index (Phi) is 4.42. The van der Waals surface area contributed by atoms with E-state index in [-0.39, 0.29) is 18.0 Å². The maximum absolute atomic E-state index is 12.0. The van der Waals surface area contributed by atoms with Crippen molar-refractivity contribution in [1.29, 1.82) is 0 Å². The second-order valence-electron chi connectivity index (χ2n) is 5.00. The van der Waals surface area contributed by atoms with Gasteiger partial charge in [0.1, 0.15) is 5.76 Å². The van der Waals surface area contributed by atoms with Crippen molar-refractivity contribution >= 4 is 5.91 Å². The van der Waals surface area contributed by atoms with Gasteiger partial charge in [-0.25, -0.2) is 0 Å². The number of hydrogen-bond acceptors (Lipinski definition) is 3. The molecule has 0 spiro atoms. The van der Waals surface area contributed by atoms with E-state index in [4.69, 9.17) is 10.2 Å². The van der Waals surface area contributed by atoms with Gasteiger partial charge in [0.2, 0.25) is 0 Å². The Balaban J connectivity index is 1.97. The van der Waals surface area contributed by atoms with Crippen LogP contribution >= 0.6 is 0 Å². The van der Waals surface area contributed by atoms with Gasteiger partial charge in [0.25, 0.3) is 5.91 Å². The van der Waals surface area contributed by atoms with Crippen LogP contribution in [0.1, 0.15) is 55.3 Å². The molecule has 1 aromatic rings. The molecule has 0 aliphatic heterocycles. The van der Waals surface area contributed by atoms with Gasteiger partial charge in [0.05, 0.1) is 0 Å². The summed E-state index contributed by atoms with van der Waals surface area (Å²) in [7, 11) is 0. The van der Waals surface area contributed by atoms with Gasteiger partial charge in [0, 0.05) is 18.5 Å². The van der Waals surface area contributed by atoms with E-state index in [0.717, 1.165) is 37.9 Å². The Labute approximate surface area is 108 Å².